The summed E-state index contributed by atoms with van der Waals surface area (Å²) in [5, 5.41) is 0.691. The fraction of sp³-hybridized carbons (Fsp3) is 0.480. The molecular formula is C25H33ClN2O2. The lowest BCUT2D eigenvalue weighted by Gasteiger charge is -2.25. The van der Waals surface area contributed by atoms with E-state index in [1.54, 1.807) is 12.0 Å². The van der Waals surface area contributed by atoms with E-state index in [2.05, 4.69) is 47.4 Å². The Kier molecular flexibility index (Phi) is 8.59. The van der Waals surface area contributed by atoms with E-state index in [0.29, 0.717) is 10.9 Å². The van der Waals surface area contributed by atoms with Gasteiger partial charge in [-0.1, -0.05) is 54.8 Å². The molecule has 0 bridgehead atoms. The molecule has 1 unspecified atom stereocenters. The number of carbonyl (C=O) groups is 1. The molecule has 2 aromatic rings. The Morgan fingerprint density at radius 3 is 2.67 bits per heavy atom. The smallest absolute Gasteiger partial charge is 0.209 e. The lowest BCUT2D eigenvalue weighted by atomic mass is 9.88. The predicted octanol–water partition coefficient (Wildman–Crippen LogP) is 4.99. The number of ether oxygens (including phenoxy) is 1. The number of hydrogen-bond donors (Lipinski definition) is 0. The van der Waals surface area contributed by atoms with E-state index in [1.807, 2.05) is 7.05 Å². The Labute approximate surface area is 185 Å². The molecule has 1 amide bonds. The van der Waals surface area contributed by atoms with E-state index in [0.717, 1.165) is 51.2 Å². The van der Waals surface area contributed by atoms with Crippen molar-refractivity contribution in [2.24, 2.45) is 0 Å². The zero-order valence-corrected chi connectivity index (χ0v) is 18.9. The van der Waals surface area contributed by atoms with Gasteiger partial charge in [-0.3, -0.25) is 4.79 Å². The van der Waals surface area contributed by atoms with Gasteiger partial charge in [0.15, 0.2) is 0 Å². The SMILES string of the molecule is COc1cc2c(cc1Cl)CCN(CCCCCCN(C)C=O)CC2c1ccccc1. The second-order valence-corrected chi connectivity index (χ2v) is 8.61. The van der Waals surface area contributed by atoms with Gasteiger partial charge < -0.3 is 14.5 Å². The molecule has 30 heavy (non-hydrogen) atoms. The molecule has 162 valence electrons. The van der Waals surface area contributed by atoms with Gasteiger partial charge in [-0.05, 0) is 54.6 Å². The van der Waals surface area contributed by atoms with Crippen LogP contribution in [-0.2, 0) is 11.2 Å². The summed E-state index contributed by atoms with van der Waals surface area (Å²) in [6, 6.07) is 15.0. The fourth-order valence-corrected chi connectivity index (χ4v) is 4.57. The van der Waals surface area contributed by atoms with Crippen LogP contribution in [0.4, 0.5) is 0 Å². The maximum absolute atomic E-state index is 10.7. The summed E-state index contributed by atoms with van der Waals surface area (Å²) in [6.07, 6.45) is 6.54. The average molecular weight is 429 g/mol. The zero-order chi connectivity index (χ0) is 21.3. The van der Waals surface area contributed by atoms with Gasteiger partial charge in [0.05, 0.1) is 12.1 Å². The summed E-state index contributed by atoms with van der Waals surface area (Å²) in [7, 11) is 3.52. The molecule has 1 atom stereocenters. The topological polar surface area (TPSA) is 32.8 Å². The normalized spacial score (nSPS) is 16.6. The van der Waals surface area contributed by atoms with Gasteiger partial charge in [-0.15, -0.1) is 0 Å². The molecule has 0 radical (unpaired) electrons. The second-order valence-electron chi connectivity index (χ2n) is 8.20. The molecule has 1 heterocycles. The van der Waals surface area contributed by atoms with Crippen LogP contribution in [0.25, 0.3) is 0 Å². The van der Waals surface area contributed by atoms with Gasteiger partial charge in [-0.2, -0.15) is 0 Å². The first-order valence-corrected chi connectivity index (χ1v) is 11.3. The van der Waals surface area contributed by atoms with E-state index in [4.69, 9.17) is 16.3 Å². The van der Waals surface area contributed by atoms with E-state index >= 15 is 0 Å². The Morgan fingerprint density at radius 2 is 1.93 bits per heavy atom. The standard InChI is InChI=1S/C25H33ClN2O2/c1-27(19-29)13-8-3-4-9-14-28-15-12-21-16-24(26)25(30-2)17-22(21)23(18-28)20-10-6-5-7-11-20/h5-7,10-11,16-17,19,23H,3-4,8-9,12-15,18H2,1-2H3. The molecule has 0 saturated heterocycles. The van der Waals surface area contributed by atoms with Crippen molar-refractivity contribution in [3.8, 4) is 5.75 Å². The van der Waals surface area contributed by atoms with Crippen molar-refractivity contribution in [2.45, 2.75) is 38.0 Å². The number of rotatable bonds is 10. The second kappa shape index (κ2) is 11.4. The summed E-state index contributed by atoms with van der Waals surface area (Å²) in [5.41, 5.74) is 4.00. The number of amides is 1. The summed E-state index contributed by atoms with van der Waals surface area (Å²) >= 11 is 6.45. The molecule has 3 rings (SSSR count). The molecule has 0 spiro atoms. The molecule has 0 aromatic heterocycles. The Morgan fingerprint density at radius 1 is 1.17 bits per heavy atom. The highest BCUT2D eigenvalue weighted by Crippen LogP contribution is 2.37. The number of benzene rings is 2. The van der Waals surface area contributed by atoms with Crippen LogP contribution >= 0.6 is 11.6 Å². The summed E-state index contributed by atoms with van der Waals surface area (Å²) in [4.78, 5) is 15.0. The molecule has 0 N–H and O–H groups in total. The van der Waals surface area contributed by atoms with Crippen molar-refractivity contribution >= 4 is 18.0 Å². The zero-order valence-electron chi connectivity index (χ0n) is 18.1. The number of nitrogens with zero attached hydrogens (tertiary/aromatic N) is 2. The van der Waals surface area contributed by atoms with Crippen LogP contribution in [0.3, 0.4) is 0 Å². The van der Waals surface area contributed by atoms with Crippen molar-refractivity contribution in [3.63, 3.8) is 0 Å². The highest BCUT2D eigenvalue weighted by molar-refractivity contribution is 6.32. The quantitative estimate of drug-likeness (QED) is 0.395. The number of halogens is 1. The van der Waals surface area contributed by atoms with Crippen molar-refractivity contribution in [1.82, 2.24) is 9.80 Å². The molecule has 0 aliphatic carbocycles. The van der Waals surface area contributed by atoms with Gasteiger partial charge in [-0.25, -0.2) is 0 Å². The first-order chi connectivity index (χ1) is 14.6. The maximum atomic E-state index is 10.7. The van der Waals surface area contributed by atoms with Crippen LogP contribution < -0.4 is 4.74 Å². The predicted molar refractivity (Wildman–Crippen MR) is 124 cm³/mol. The van der Waals surface area contributed by atoms with Gasteiger partial charge in [0.1, 0.15) is 5.75 Å². The number of methoxy groups -OCH3 is 1. The third-order valence-electron chi connectivity index (χ3n) is 6.04. The highest BCUT2D eigenvalue weighted by atomic mass is 35.5. The molecule has 2 aromatic carbocycles. The van der Waals surface area contributed by atoms with E-state index in [-0.39, 0.29) is 0 Å². The van der Waals surface area contributed by atoms with Crippen LogP contribution in [0, 0.1) is 0 Å². The number of hydrogen-bond acceptors (Lipinski definition) is 3. The number of fused-ring (bicyclic) bond motifs is 1. The molecule has 4 nitrogen and oxygen atoms in total. The molecule has 0 fully saturated rings. The number of unbranched alkanes of at least 4 members (excludes halogenated alkanes) is 3. The molecule has 1 aliphatic rings. The third kappa shape index (κ3) is 5.99. The minimum atomic E-state index is 0.316. The molecule has 0 saturated carbocycles. The maximum Gasteiger partial charge on any atom is 0.209 e. The number of carbonyl (C=O) groups excluding carboxylic acids is 1. The molecular weight excluding hydrogens is 396 g/mol. The molecule has 1 aliphatic heterocycles. The van der Waals surface area contributed by atoms with Crippen LogP contribution in [0.2, 0.25) is 5.02 Å². The minimum absolute atomic E-state index is 0.316. The van der Waals surface area contributed by atoms with Gasteiger partial charge in [0, 0.05) is 32.6 Å². The van der Waals surface area contributed by atoms with Crippen LogP contribution in [-0.4, -0.2) is 56.5 Å². The van der Waals surface area contributed by atoms with Gasteiger partial charge >= 0.3 is 0 Å². The summed E-state index contributed by atoms with van der Waals surface area (Å²) in [5.74, 6) is 1.07. The first-order valence-electron chi connectivity index (χ1n) is 10.9. The van der Waals surface area contributed by atoms with E-state index in [1.165, 1.54) is 36.0 Å². The summed E-state index contributed by atoms with van der Waals surface area (Å²) < 4.78 is 5.52. The molecule has 5 heteroatoms. The highest BCUT2D eigenvalue weighted by Gasteiger charge is 2.25. The largest absolute Gasteiger partial charge is 0.495 e. The van der Waals surface area contributed by atoms with Crippen LogP contribution in [0.1, 0.15) is 48.3 Å². The van der Waals surface area contributed by atoms with Crippen molar-refractivity contribution in [1.29, 1.82) is 0 Å². The van der Waals surface area contributed by atoms with Gasteiger partial charge in [0.25, 0.3) is 0 Å². The fourth-order valence-electron chi connectivity index (χ4n) is 4.31. The van der Waals surface area contributed by atoms with E-state index < -0.39 is 0 Å². The Hall–Kier alpha value is -2.04. The van der Waals surface area contributed by atoms with Crippen LogP contribution in [0.15, 0.2) is 42.5 Å². The lowest BCUT2D eigenvalue weighted by molar-refractivity contribution is -0.117. The minimum Gasteiger partial charge on any atom is -0.495 e. The van der Waals surface area contributed by atoms with Crippen molar-refractivity contribution < 1.29 is 9.53 Å². The lowest BCUT2D eigenvalue weighted by Crippen LogP contribution is -2.30. The Balaban J connectivity index is 1.67. The summed E-state index contributed by atoms with van der Waals surface area (Å²) in [6.45, 7) is 4.01. The first kappa shape index (κ1) is 22.6. The Bertz CT molecular complexity index is 812. The van der Waals surface area contributed by atoms with E-state index in [9.17, 15) is 4.79 Å². The van der Waals surface area contributed by atoms with Gasteiger partial charge in [0.2, 0.25) is 6.41 Å². The van der Waals surface area contributed by atoms with Crippen LogP contribution in [0.5, 0.6) is 5.75 Å². The average Bonchev–Trinajstić information content (AvgIpc) is 2.95. The van der Waals surface area contributed by atoms with Crippen molar-refractivity contribution in [3.05, 3.63) is 64.2 Å². The third-order valence-corrected chi connectivity index (χ3v) is 6.34. The monoisotopic (exact) mass is 428 g/mol. The van der Waals surface area contributed by atoms with Crippen molar-refractivity contribution in [2.75, 3.05) is 40.3 Å².